The van der Waals surface area contributed by atoms with Crippen molar-refractivity contribution in [2.24, 2.45) is 5.10 Å². The molecule has 0 spiro atoms. The Morgan fingerprint density at radius 1 is 0.968 bits per heavy atom. The highest BCUT2D eigenvalue weighted by molar-refractivity contribution is 5.92. The van der Waals surface area contributed by atoms with Crippen molar-refractivity contribution in [2.45, 2.75) is 33.1 Å². The van der Waals surface area contributed by atoms with Gasteiger partial charge in [-0.05, 0) is 55.3 Å². The number of hydrogen-bond donors (Lipinski definition) is 1. The molecule has 166 valence electrons. The molecule has 0 atom stereocenters. The largest absolute Gasteiger partial charge is 0.493 e. The average molecular weight is 428 g/mol. The van der Waals surface area contributed by atoms with Crippen molar-refractivity contribution in [1.29, 1.82) is 0 Å². The Bertz CT molecular complexity index is 926. The minimum Gasteiger partial charge on any atom is -0.493 e. The van der Waals surface area contributed by atoms with E-state index in [0.717, 1.165) is 12.8 Å². The molecule has 8 nitrogen and oxygen atoms in total. The number of hydrazone groups is 1. The number of benzene rings is 2. The second-order valence-corrected chi connectivity index (χ2v) is 6.50. The molecule has 0 aromatic heterocycles. The summed E-state index contributed by atoms with van der Waals surface area (Å²) in [5.74, 6) is 0.896. The van der Waals surface area contributed by atoms with Gasteiger partial charge in [0.05, 0.1) is 32.6 Å². The Balaban J connectivity index is 2.13. The summed E-state index contributed by atoms with van der Waals surface area (Å²) in [5, 5.41) is 3.96. The molecular formula is C23H28N2O6. The lowest BCUT2D eigenvalue weighted by Gasteiger charge is -2.12. The van der Waals surface area contributed by atoms with Crippen molar-refractivity contribution >= 4 is 18.1 Å². The van der Waals surface area contributed by atoms with Gasteiger partial charge in [0, 0.05) is 6.42 Å². The summed E-state index contributed by atoms with van der Waals surface area (Å²) in [7, 11) is 3.01. The van der Waals surface area contributed by atoms with Gasteiger partial charge in [-0.15, -0.1) is 0 Å². The van der Waals surface area contributed by atoms with Crippen LogP contribution in [0.25, 0.3) is 0 Å². The fraction of sp³-hybridized carbons (Fsp3) is 0.348. The van der Waals surface area contributed by atoms with Crippen molar-refractivity contribution in [3.63, 3.8) is 0 Å². The molecule has 0 saturated heterocycles. The minimum absolute atomic E-state index is 0.136. The van der Waals surface area contributed by atoms with Crippen LogP contribution >= 0.6 is 0 Å². The van der Waals surface area contributed by atoms with E-state index in [1.54, 1.807) is 36.4 Å². The molecule has 0 radical (unpaired) electrons. The average Bonchev–Trinajstić information content (AvgIpc) is 2.78. The van der Waals surface area contributed by atoms with Gasteiger partial charge in [-0.25, -0.2) is 10.2 Å². The number of unbranched alkanes of at least 4 members (excludes halogenated alkanes) is 1. The van der Waals surface area contributed by atoms with E-state index < -0.39 is 5.97 Å². The second kappa shape index (κ2) is 12.2. The predicted octanol–water partition coefficient (Wildman–Crippen LogP) is 3.96. The van der Waals surface area contributed by atoms with Gasteiger partial charge in [-0.2, -0.15) is 5.10 Å². The number of nitrogens with zero attached hydrogens (tertiary/aromatic N) is 1. The zero-order chi connectivity index (χ0) is 22.6. The molecule has 8 heteroatoms. The third kappa shape index (κ3) is 7.02. The fourth-order valence-corrected chi connectivity index (χ4v) is 2.65. The Morgan fingerprint density at radius 2 is 1.71 bits per heavy atom. The topological polar surface area (TPSA) is 95.5 Å². The van der Waals surface area contributed by atoms with Gasteiger partial charge in [-0.1, -0.05) is 13.3 Å². The van der Waals surface area contributed by atoms with E-state index in [9.17, 15) is 9.59 Å². The van der Waals surface area contributed by atoms with Crippen LogP contribution in [0, 0.1) is 0 Å². The molecule has 1 N–H and O–H groups in total. The van der Waals surface area contributed by atoms with E-state index in [1.807, 2.05) is 13.8 Å². The summed E-state index contributed by atoms with van der Waals surface area (Å²) < 4.78 is 21.5. The zero-order valence-corrected chi connectivity index (χ0v) is 18.3. The van der Waals surface area contributed by atoms with E-state index >= 15 is 0 Å². The second-order valence-electron chi connectivity index (χ2n) is 6.50. The van der Waals surface area contributed by atoms with Crippen molar-refractivity contribution < 1.29 is 28.5 Å². The molecule has 0 heterocycles. The number of ether oxygens (including phenoxy) is 4. The number of methoxy groups -OCH3 is 2. The molecule has 1 amide bonds. The Morgan fingerprint density at radius 3 is 2.39 bits per heavy atom. The molecule has 2 rings (SSSR count). The first-order valence-corrected chi connectivity index (χ1v) is 10.0. The van der Waals surface area contributed by atoms with Crippen LogP contribution in [0.3, 0.4) is 0 Å². The van der Waals surface area contributed by atoms with Crippen molar-refractivity contribution in [1.82, 2.24) is 5.43 Å². The Kier molecular flexibility index (Phi) is 9.35. The summed E-state index contributed by atoms with van der Waals surface area (Å²) in [4.78, 5) is 24.2. The van der Waals surface area contributed by atoms with E-state index in [0.29, 0.717) is 41.4 Å². The first kappa shape index (κ1) is 23.7. The predicted molar refractivity (Wildman–Crippen MR) is 117 cm³/mol. The van der Waals surface area contributed by atoms with Gasteiger partial charge in [0.25, 0.3) is 0 Å². The van der Waals surface area contributed by atoms with Crippen LogP contribution in [0.1, 0.15) is 49.0 Å². The first-order chi connectivity index (χ1) is 15.0. The number of carbonyl (C=O) groups is 2. The SMILES string of the molecule is CCCCC(=O)NN=Cc1ccc(OC(=O)c2ccc(OC)c(OC)c2)c(OCC)c1. The van der Waals surface area contributed by atoms with Gasteiger partial charge in [0.1, 0.15) is 0 Å². The molecule has 0 saturated carbocycles. The van der Waals surface area contributed by atoms with Gasteiger partial charge in [0.15, 0.2) is 23.0 Å². The summed E-state index contributed by atoms with van der Waals surface area (Å²) >= 11 is 0. The third-order valence-corrected chi connectivity index (χ3v) is 4.25. The van der Waals surface area contributed by atoms with Crippen LogP contribution in [-0.2, 0) is 4.79 Å². The van der Waals surface area contributed by atoms with Crippen LogP contribution in [0.2, 0.25) is 0 Å². The smallest absolute Gasteiger partial charge is 0.343 e. The van der Waals surface area contributed by atoms with Gasteiger partial charge >= 0.3 is 5.97 Å². The number of amides is 1. The molecule has 0 bridgehead atoms. The molecule has 0 fully saturated rings. The quantitative estimate of drug-likeness (QED) is 0.252. The number of carbonyl (C=O) groups excluding carboxylic acids is 2. The fourth-order valence-electron chi connectivity index (χ4n) is 2.65. The highest BCUT2D eigenvalue weighted by Crippen LogP contribution is 2.31. The first-order valence-electron chi connectivity index (χ1n) is 10.0. The minimum atomic E-state index is -0.563. The maximum absolute atomic E-state index is 12.6. The van der Waals surface area contributed by atoms with Gasteiger partial charge < -0.3 is 18.9 Å². The van der Waals surface area contributed by atoms with Gasteiger partial charge in [0.2, 0.25) is 5.91 Å². The molecule has 0 aliphatic rings. The lowest BCUT2D eigenvalue weighted by Crippen LogP contribution is -2.16. The normalized spacial score (nSPS) is 10.6. The van der Waals surface area contributed by atoms with E-state index in [-0.39, 0.29) is 11.7 Å². The molecule has 0 aliphatic heterocycles. The summed E-state index contributed by atoms with van der Waals surface area (Å²) in [6, 6.07) is 9.77. The summed E-state index contributed by atoms with van der Waals surface area (Å²) in [5.41, 5.74) is 3.48. The Labute approximate surface area is 182 Å². The molecule has 2 aromatic carbocycles. The molecule has 0 aliphatic carbocycles. The highest BCUT2D eigenvalue weighted by atomic mass is 16.6. The number of nitrogens with one attached hydrogen (secondary N) is 1. The summed E-state index contributed by atoms with van der Waals surface area (Å²) in [6.07, 6.45) is 3.70. The van der Waals surface area contributed by atoms with Crippen LogP contribution in [0.4, 0.5) is 0 Å². The van der Waals surface area contributed by atoms with Crippen molar-refractivity contribution in [3.8, 4) is 23.0 Å². The van der Waals surface area contributed by atoms with Crippen LogP contribution < -0.4 is 24.4 Å². The van der Waals surface area contributed by atoms with E-state index in [2.05, 4.69) is 10.5 Å². The van der Waals surface area contributed by atoms with Crippen LogP contribution in [0.5, 0.6) is 23.0 Å². The lowest BCUT2D eigenvalue weighted by molar-refractivity contribution is -0.121. The molecular weight excluding hydrogens is 400 g/mol. The van der Waals surface area contributed by atoms with E-state index in [4.69, 9.17) is 18.9 Å². The number of rotatable bonds is 11. The van der Waals surface area contributed by atoms with E-state index in [1.165, 1.54) is 20.4 Å². The lowest BCUT2D eigenvalue weighted by atomic mass is 10.2. The van der Waals surface area contributed by atoms with Gasteiger partial charge in [-0.3, -0.25) is 4.79 Å². The monoisotopic (exact) mass is 428 g/mol. The zero-order valence-electron chi connectivity index (χ0n) is 18.3. The molecule has 31 heavy (non-hydrogen) atoms. The van der Waals surface area contributed by atoms with Crippen LogP contribution in [-0.4, -0.2) is 38.9 Å². The molecule has 2 aromatic rings. The number of esters is 1. The highest BCUT2D eigenvalue weighted by Gasteiger charge is 2.16. The van der Waals surface area contributed by atoms with Crippen molar-refractivity contribution in [2.75, 3.05) is 20.8 Å². The standard InChI is InChI=1S/C23H28N2O6/c1-5-7-8-22(26)25-24-15-16-9-11-19(21(13-16)30-6-2)31-23(27)17-10-12-18(28-3)20(14-17)29-4/h9-15H,5-8H2,1-4H3,(H,25,26). The summed E-state index contributed by atoms with van der Waals surface area (Å²) in [6.45, 7) is 4.23. The number of hydrogen-bond acceptors (Lipinski definition) is 7. The Hall–Kier alpha value is -3.55. The maximum atomic E-state index is 12.6. The maximum Gasteiger partial charge on any atom is 0.343 e. The van der Waals surface area contributed by atoms with Crippen LogP contribution in [0.15, 0.2) is 41.5 Å². The molecule has 0 unspecified atom stereocenters. The van der Waals surface area contributed by atoms with Crippen molar-refractivity contribution in [3.05, 3.63) is 47.5 Å². The third-order valence-electron chi connectivity index (χ3n) is 4.25.